The Kier molecular flexibility index (Phi) is 5.12. The molecule has 1 aromatic rings. The molecule has 7 heteroatoms. The first kappa shape index (κ1) is 16.7. The maximum atomic E-state index is 13.7. The minimum atomic E-state index is -1.24. The largest absolute Gasteiger partial charge is 0.465 e. The Bertz CT molecular complexity index is 540. The van der Waals surface area contributed by atoms with Crippen LogP contribution in [0.25, 0.3) is 0 Å². The molecule has 0 fully saturated rings. The number of hydrogen-bond donors (Lipinski definition) is 2. The van der Waals surface area contributed by atoms with E-state index in [2.05, 4.69) is 5.32 Å². The maximum Gasteiger partial charge on any atom is 0.410 e. The highest BCUT2D eigenvalue weighted by atomic mass is 19.1. The zero-order valence-corrected chi connectivity index (χ0v) is 12.4. The van der Waals surface area contributed by atoms with E-state index < -0.39 is 23.6 Å². The highest BCUT2D eigenvalue weighted by molar-refractivity contribution is 5.82. The number of halogens is 1. The molecule has 0 radical (unpaired) electrons. The van der Waals surface area contributed by atoms with Crippen molar-refractivity contribution in [1.82, 2.24) is 4.90 Å². The second-order valence-electron chi connectivity index (χ2n) is 5.57. The molecule has 0 aliphatic carbocycles. The summed E-state index contributed by atoms with van der Waals surface area (Å²) >= 11 is 0. The molecular formula is C14H19FN2O4. The van der Waals surface area contributed by atoms with E-state index in [1.165, 1.54) is 24.1 Å². The average Bonchev–Trinajstić information content (AvgIpc) is 2.30. The van der Waals surface area contributed by atoms with E-state index in [0.717, 1.165) is 6.07 Å². The molecule has 2 N–H and O–H groups in total. The van der Waals surface area contributed by atoms with Gasteiger partial charge in [-0.1, -0.05) is 0 Å². The second-order valence-corrected chi connectivity index (χ2v) is 5.57. The molecule has 0 aromatic heterocycles. The number of carbonyl (C=O) groups is 2. The van der Waals surface area contributed by atoms with E-state index >= 15 is 0 Å². The molecule has 0 unspecified atom stereocenters. The van der Waals surface area contributed by atoms with Crippen molar-refractivity contribution in [3.05, 3.63) is 29.6 Å². The van der Waals surface area contributed by atoms with Crippen molar-refractivity contribution in [2.45, 2.75) is 32.9 Å². The first-order chi connectivity index (χ1) is 9.58. The SMILES string of the molecule is CN(Cc1cc(NC(=O)O)ccc1F)C(=O)OC(C)(C)C. The van der Waals surface area contributed by atoms with Gasteiger partial charge in [0.05, 0.1) is 6.54 Å². The Labute approximate surface area is 122 Å². The summed E-state index contributed by atoms with van der Waals surface area (Å²) in [5, 5.41) is 10.8. The van der Waals surface area contributed by atoms with Crippen molar-refractivity contribution in [2.75, 3.05) is 12.4 Å². The summed E-state index contributed by atoms with van der Waals surface area (Å²) in [5.41, 5.74) is -0.220. The lowest BCUT2D eigenvalue weighted by atomic mass is 10.1. The van der Waals surface area contributed by atoms with Crippen LogP contribution in [-0.2, 0) is 11.3 Å². The number of nitrogens with one attached hydrogen (secondary N) is 1. The number of hydrogen-bond acceptors (Lipinski definition) is 3. The molecule has 2 amide bonds. The molecule has 0 bridgehead atoms. The molecule has 0 heterocycles. The molecule has 1 rings (SSSR count). The van der Waals surface area contributed by atoms with Gasteiger partial charge >= 0.3 is 12.2 Å². The van der Waals surface area contributed by atoms with Crippen molar-refractivity contribution in [3.8, 4) is 0 Å². The number of carbonyl (C=O) groups excluding carboxylic acids is 1. The van der Waals surface area contributed by atoms with Crippen LogP contribution in [0.2, 0.25) is 0 Å². The van der Waals surface area contributed by atoms with Gasteiger partial charge in [0, 0.05) is 18.3 Å². The van der Waals surface area contributed by atoms with E-state index in [1.54, 1.807) is 20.8 Å². The Hall–Kier alpha value is -2.31. The van der Waals surface area contributed by atoms with Crippen molar-refractivity contribution < 1.29 is 23.8 Å². The predicted molar refractivity (Wildman–Crippen MR) is 75.7 cm³/mol. The van der Waals surface area contributed by atoms with E-state index in [9.17, 15) is 14.0 Å². The lowest BCUT2D eigenvalue weighted by Gasteiger charge is -2.24. The summed E-state index contributed by atoms with van der Waals surface area (Å²) in [6.45, 7) is 5.17. The summed E-state index contributed by atoms with van der Waals surface area (Å²) in [5.74, 6) is -0.527. The number of nitrogens with zero attached hydrogens (tertiary/aromatic N) is 1. The topological polar surface area (TPSA) is 78.9 Å². The molecule has 0 spiro atoms. The molecular weight excluding hydrogens is 279 g/mol. The van der Waals surface area contributed by atoms with Crippen LogP contribution in [0.4, 0.5) is 19.7 Å². The van der Waals surface area contributed by atoms with Crippen LogP contribution in [0.15, 0.2) is 18.2 Å². The third-order valence-corrected chi connectivity index (χ3v) is 2.41. The van der Waals surface area contributed by atoms with Crippen molar-refractivity contribution >= 4 is 17.9 Å². The first-order valence-corrected chi connectivity index (χ1v) is 6.31. The maximum absolute atomic E-state index is 13.7. The molecule has 21 heavy (non-hydrogen) atoms. The van der Waals surface area contributed by atoms with Gasteiger partial charge in [0.1, 0.15) is 11.4 Å². The van der Waals surface area contributed by atoms with Crippen molar-refractivity contribution in [3.63, 3.8) is 0 Å². The first-order valence-electron chi connectivity index (χ1n) is 6.31. The average molecular weight is 298 g/mol. The van der Waals surface area contributed by atoms with Crippen LogP contribution in [-0.4, -0.2) is 34.8 Å². The van der Waals surface area contributed by atoms with Gasteiger partial charge in [0.2, 0.25) is 0 Å². The number of benzene rings is 1. The quantitative estimate of drug-likeness (QED) is 0.897. The molecule has 116 valence electrons. The van der Waals surface area contributed by atoms with Crippen LogP contribution in [0, 0.1) is 5.82 Å². The number of carboxylic acid groups (broad SMARTS) is 1. The van der Waals surface area contributed by atoms with Gasteiger partial charge in [0.25, 0.3) is 0 Å². The minimum Gasteiger partial charge on any atom is -0.465 e. The Morgan fingerprint density at radius 1 is 1.38 bits per heavy atom. The lowest BCUT2D eigenvalue weighted by molar-refractivity contribution is 0.0283. The molecule has 1 aromatic carbocycles. The highest BCUT2D eigenvalue weighted by Gasteiger charge is 2.20. The van der Waals surface area contributed by atoms with Crippen molar-refractivity contribution in [1.29, 1.82) is 0 Å². The summed E-state index contributed by atoms with van der Waals surface area (Å²) in [6.07, 6.45) is -1.83. The Balaban J connectivity index is 2.81. The van der Waals surface area contributed by atoms with Gasteiger partial charge in [0.15, 0.2) is 0 Å². The molecule has 0 aliphatic rings. The number of amides is 2. The normalized spacial score (nSPS) is 10.9. The number of rotatable bonds is 3. The van der Waals surface area contributed by atoms with Crippen LogP contribution in [0.5, 0.6) is 0 Å². The van der Waals surface area contributed by atoms with Crippen LogP contribution in [0.1, 0.15) is 26.3 Å². The van der Waals surface area contributed by atoms with Gasteiger partial charge < -0.3 is 14.7 Å². The molecule has 6 nitrogen and oxygen atoms in total. The van der Waals surface area contributed by atoms with E-state index in [-0.39, 0.29) is 17.8 Å². The van der Waals surface area contributed by atoms with E-state index in [1.807, 2.05) is 0 Å². The summed E-state index contributed by atoms with van der Waals surface area (Å²) in [7, 11) is 1.48. The highest BCUT2D eigenvalue weighted by Crippen LogP contribution is 2.17. The monoisotopic (exact) mass is 298 g/mol. The van der Waals surface area contributed by atoms with E-state index in [0.29, 0.717) is 0 Å². The van der Waals surface area contributed by atoms with Gasteiger partial charge in [-0.25, -0.2) is 14.0 Å². The Morgan fingerprint density at radius 2 is 2.00 bits per heavy atom. The second kappa shape index (κ2) is 6.43. The third-order valence-electron chi connectivity index (χ3n) is 2.41. The minimum absolute atomic E-state index is 0.0319. The van der Waals surface area contributed by atoms with Gasteiger partial charge in [-0.3, -0.25) is 5.32 Å². The predicted octanol–water partition coefficient (Wildman–Crippen LogP) is 3.28. The standard InChI is InChI=1S/C14H19FN2O4/c1-14(2,3)21-13(20)17(4)8-9-7-10(16-12(18)19)5-6-11(9)15/h5-7,16H,8H2,1-4H3,(H,18,19). The van der Waals surface area contributed by atoms with Crippen LogP contribution in [0.3, 0.4) is 0 Å². The lowest BCUT2D eigenvalue weighted by Crippen LogP contribution is -2.34. The summed E-state index contributed by atoms with van der Waals surface area (Å²) in [6, 6.07) is 3.79. The fourth-order valence-electron chi connectivity index (χ4n) is 1.56. The number of anilines is 1. The smallest absolute Gasteiger partial charge is 0.410 e. The van der Waals surface area contributed by atoms with E-state index in [4.69, 9.17) is 9.84 Å². The number of ether oxygens (including phenoxy) is 1. The zero-order valence-electron chi connectivity index (χ0n) is 12.4. The molecule has 0 aliphatic heterocycles. The zero-order chi connectivity index (χ0) is 16.2. The van der Waals surface area contributed by atoms with Gasteiger partial charge in [-0.05, 0) is 39.0 Å². The summed E-state index contributed by atoms with van der Waals surface area (Å²) < 4.78 is 18.9. The Morgan fingerprint density at radius 3 is 2.52 bits per heavy atom. The molecule has 0 saturated carbocycles. The fourth-order valence-corrected chi connectivity index (χ4v) is 1.56. The molecule has 0 saturated heterocycles. The fraction of sp³-hybridized carbons (Fsp3) is 0.429. The van der Waals surface area contributed by atoms with Crippen LogP contribution < -0.4 is 5.32 Å². The summed E-state index contributed by atoms with van der Waals surface area (Å²) in [4.78, 5) is 23.6. The van der Waals surface area contributed by atoms with Gasteiger partial charge in [-0.2, -0.15) is 0 Å². The molecule has 0 atom stereocenters. The van der Waals surface area contributed by atoms with Crippen LogP contribution >= 0.6 is 0 Å². The third kappa shape index (κ3) is 5.68. The van der Waals surface area contributed by atoms with Crippen molar-refractivity contribution in [2.24, 2.45) is 0 Å². The van der Waals surface area contributed by atoms with Gasteiger partial charge in [-0.15, -0.1) is 0 Å².